The molecule has 9 heteroatoms. The second-order valence-corrected chi connectivity index (χ2v) is 6.83. The minimum atomic E-state index is -4.87. The second kappa shape index (κ2) is 8.70. The van der Waals surface area contributed by atoms with Crippen molar-refractivity contribution < 1.29 is 22.7 Å². The van der Waals surface area contributed by atoms with E-state index in [-0.39, 0.29) is 11.5 Å². The Morgan fingerprint density at radius 3 is 2.38 bits per heavy atom. The molecule has 0 fully saturated rings. The molecule has 5 nitrogen and oxygen atoms in total. The number of alkyl halides is 3. The number of halogens is 4. The minimum Gasteiger partial charge on any atom is -0.424 e. The molecular formula is C20H19ClF3N3O2. The van der Waals surface area contributed by atoms with E-state index < -0.39 is 34.3 Å². The first-order valence-electron chi connectivity index (χ1n) is 8.74. The molecule has 29 heavy (non-hydrogen) atoms. The van der Waals surface area contributed by atoms with Crippen LogP contribution in [0.1, 0.15) is 55.5 Å². The van der Waals surface area contributed by atoms with Crippen LogP contribution in [0.2, 0.25) is 5.15 Å². The highest BCUT2D eigenvalue weighted by molar-refractivity contribution is 6.31. The Balaban J connectivity index is 2.78. The Morgan fingerprint density at radius 2 is 1.93 bits per heavy atom. The molecule has 0 bridgehead atoms. The van der Waals surface area contributed by atoms with E-state index in [1.807, 2.05) is 19.9 Å². The second-order valence-electron chi connectivity index (χ2n) is 6.48. The van der Waals surface area contributed by atoms with Crippen LogP contribution >= 0.6 is 11.6 Å². The number of hydrogen-bond donors (Lipinski definition) is 0. The largest absolute Gasteiger partial charge is 0.435 e. The molecule has 2 rings (SSSR count). The lowest BCUT2D eigenvalue weighted by Crippen LogP contribution is -2.11. The monoisotopic (exact) mass is 425 g/mol. The maximum Gasteiger partial charge on any atom is 0.435 e. The molecule has 0 aliphatic carbocycles. The van der Waals surface area contributed by atoms with Crippen LogP contribution in [0.3, 0.4) is 0 Å². The summed E-state index contributed by atoms with van der Waals surface area (Å²) in [5.41, 5.74) is -0.942. The summed E-state index contributed by atoms with van der Waals surface area (Å²) in [7, 11) is 1.22. The molecule has 0 aliphatic heterocycles. The van der Waals surface area contributed by atoms with Crippen molar-refractivity contribution in [3.05, 3.63) is 51.8 Å². The third-order valence-electron chi connectivity index (χ3n) is 4.44. The summed E-state index contributed by atoms with van der Waals surface area (Å²) in [6.07, 6.45) is -3.97. The van der Waals surface area contributed by atoms with E-state index in [4.69, 9.17) is 16.3 Å². The van der Waals surface area contributed by atoms with E-state index in [2.05, 4.69) is 5.10 Å². The number of nitrogens with zero attached hydrogens (tertiary/aromatic N) is 3. The van der Waals surface area contributed by atoms with Crippen LogP contribution in [0.25, 0.3) is 11.3 Å². The molecule has 0 amide bonds. The quantitative estimate of drug-likeness (QED) is 0.357. The molecule has 0 N–H and O–H groups in total. The van der Waals surface area contributed by atoms with Gasteiger partial charge in [-0.15, -0.1) is 0 Å². The summed E-state index contributed by atoms with van der Waals surface area (Å²) in [5.74, 6) is -1.20. The standard InChI is InChI=1S/C20H19ClF3N3O2/c1-5-11(2)13-6-8-14(9-7-13)15(10-25)17(29-12(3)28)16-18(20(22,23)24)26-27(4)19(16)21/h6-9,11H,5H2,1-4H3/b17-15-. The lowest BCUT2D eigenvalue weighted by molar-refractivity contribution is -0.142. The van der Waals surface area contributed by atoms with E-state index in [9.17, 15) is 23.2 Å². The van der Waals surface area contributed by atoms with E-state index in [1.165, 1.54) is 7.05 Å². The molecular weight excluding hydrogens is 407 g/mol. The Kier molecular flexibility index (Phi) is 6.75. The zero-order valence-corrected chi connectivity index (χ0v) is 17.0. The first-order chi connectivity index (χ1) is 13.5. The van der Waals surface area contributed by atoms with Gasteiger partial charge >= 0.3 is 12.1 Å². The zero-order valence-electron chi connectivity index (χ0n) is 16.3. The molecule has 1 heterocycles. The van der Waals surface area contributed by atoms with Crippen molar-refractivity contribution in [3.63, 3.8) is 0 Å². The number of allylic oxidation sites excluding steroid dienone is 1. The molecule has 2 aromatic rings. The van der Waals surface area contributed by atoms with Crippen LogP contribution in [0.15, 0.2) is 24.3 Å². The normalized spacial score (nSPS) is 13.5. The van der Waals surface area contributed by atoms with Crippen molar-refractivity contribution in [3.8, 4) is 6.07 Å². The number of rotatable bonds is 5. The Labute approximate surface area is 171 Å². The Morgan fingerprint density at radius 1 is 1.34 bits per heavy atom. The van der Waals surface area contributed by atoms with Crippen molar-refractivity contribution in [2.75, 3.05) is 0 Å². The first-order valence-corrected chi connectivity index (χ1v) is 9.12. The van der Waals surface area contributed by atoms with E-state index in [0.717, 1.165) is 23.6 Å². The van der Waals surface area contributed by atoms with Crippen LogP contribution in [0, 0.1) is 11.3 Å². The Hall–Kier alpha value is -2.79. The fourth-order valence-corrected chi connectivity index (χ4v) is 2.95. The van der Waals surface area contributed by atoms with Gasteiger partial charge in [0.1, 0.15) is 16.8 Å². The van der Waals surface area contributed by atoms with Crippen LogP contribution in [-0.4, -0.2) is 15.7 Å². The van der Waals surface area contributed by atoms with Gasteiger partial charge in [0.2, 0.25) is 0 Å². The van der Waals surface area contributed by atoms with E-state index in [0.29, 0.717) is 5.56 Å². The smallest absolute Gasteiger partial charge is 0.424 e. The molecule has 0 saturated heterocycles. The molecule has 0 spiro atoms. The fraction of sp³-hybridized carbons (Fsp3) is 0.350. The van der Waals surface area contributed by atoms with Crippen molar-refractivity contribution >= 4 is 28.9 Å². The van der Waals surface area contributed by atoms with Crippen LogP contribution < -0.4 is 0 Å². The molecule has 1 aromatic carbocycles. The van der Waals surface area contributed by atoms with Gasteiger partial charge in [0.05, 0.1) is 5.56 Å². The maximum atomic E-state index is 13.5. The van der Waals surface area contributed by atoms with Gasteiger partial charge in [0.15, 0.2) is 11.5 Å². The Bertz CT molecular complexity index is 986. The lowest BCUT2D eigenvalue weighted by atomic mass is 9.95. The topological polar surface area (TPSA) is 67.9 Å². The fourth-order valence-electron chi connectivity index (χ4n) is 2.73. The van der Waals surface area contributed by atoms with Gasteiger partial charge in [-0.1, -0.05) is 49.7 Å². The third kappa shape index (κ3) is 4.80. The highest BCUT2D eigenvalue weighted by atomic mass is 35.5. The van der Waals surface area contributed by atoms with Gasteiger partial charge in [-0.2, -0.15) is 23.5 Å². The number of carbonyl (C=O) groups excluding carboxylic acids is 1. The average molecular weight is 426 g/mol. The highest BCUT2D eigenvalue weighted by Gasteiger charge is 2.41. The van der Waals surface area contributed by atoms with Crippen molar-refractivity contribution in [2.45, 2.75) is 39.3 Å². The SMILES string of the molecule is CCC(C)c1ccc(/C(C#N)=C(\OC(C)=O)c2c(C(F)(F)F)nn(C)c2Cl)cc1. The van der Waals surface area contributed by atoms with Gasteiger partial charge in [0, 0.05) is 14.0 Å². The van der Waals surface area contributed by atoms with E-state index >= 15 is 0 Å². The summed E-state index contributed by atoms with van der Waals surface area (Å²) >= 11 is 6.04. The van der Waals surface area contributed by atoms with Crippen molar-refractivity contribution in [1.82, 2.24) is 9.78 Å². The van der Waals surface area contributed by atoms with Gasteiger partial charge in [-0.3, -0.25) is 9.48 Å². The summed E-state index contributed by atoms with van der Waals surface area (Å²) in [6.45, 7) is 5.09. The maximum absolute atomic E-state index is 13.5. The average Bonchev–Trinajstić information content (AvgIpc) is 2.96. The van der Waals surface area contributed by atoms with Crippen LogP contribution in [0.5, 0.6) is 0 Å². The summed E-state index contributed by atoms with van der Waals surface area (Å²) in [4.78, 5) is 11.6. The van der Waals surface area contributed by atoms with E-state index in [1.54, 1.807) is 24.3 Å². The van der Waals surface area contributed by atoms with Crippen molar-refractivity contribution in [1.29, 1.82) is 5.26 Å². The van der Waals surface area contributed by atoms with Gasteiger partial charge < -0.3 is 4.74 Å². The molecule has 0 aliphatic rings. The predicted molar refractivity (Wildman–Crippen MR) is 103 cm³/mol. The van der Waals surface area contributed by atoms with Gasteiger partial charge in [-0.05, 0) is 23.5 Å². The minimum absolute atomic E-state index is 0.253. The first kappa shape index (κ1) is 22.5. The highest BCUT2D eigenvalue weighted by Crippen LogP contribution is 2.41. The molecule has 0 radical (unpaired) electrons. The third-order valence-corrected chi connectivity index (χ3v) is 4.87. The number of hydrogen-bond acceptors (Lipinski definition) is 4. The van der Waals surface area contributed by atoms with Gasteiger partial charge in [0.25, 0.3) is 0 Å². The number of carbonyl (C=O) groups is 1. The summed E-state index contributed by atoms with van der Waals surface area (Å²) < 4.78 is 46.4. The molecule has 1 atom stereocenters. The lowest BCUT2D eigenvalue weighted by Gasteiger charge is -2.14. The molecule has 154 valence electrons. The number of benzene rings is 1. The number of aromatic nitrogens is 2. The van der Waals surface area contributed by atoms with Crippen LogP contribution in [0.4, 0.5) is 13.2 Å². The summed E-state index contributed by atoms with van der Waals surface area (Å²) in [5, 5.41) is 12.7. The number of esters is 1. The molecule has 1 aromatic heterocycles. The van der Waals surface area contributed by atoms with Crippen molar-refractivity contribution in [2.24, 2.45) is 7.05 Å². The predicted octanol–water partition coefficient (Wildman–Crippen LogP) is 5.56. The van der Waals surface area contributed by atoms with Crippen LogP contribution in [-0.2, 0) is 22.8 Å². The number of aryl methyl sites for hydroxylation is 1. The summed E-state index contributed by atoms with van der Waals surface area (Å²) in [6, 6.07) is 8.60. The zero-order chi connectivity index (χ0) is 21.9. The number of nitriles is 1. The number of ether oxygens (including phenoxy) is 1. The molecule has 0 saturated carbocycles. The van der Waals surface area contributed by atoms with Gasteiger partial charge in [-0.25, -0.2) is 0 Å². The molecule has 1 unspecified atom stereocenters.